The third kappa shape index (κ3) is 4.07. The van der Waals surface area contributed by atoms with Crippen molar-refractivity contribution in [2.24, 2.45) is 0 Å². The number of anilines is 2. The van der Waals surface area contributed by atoms with Crippen molar-refractivity contribution < 1.29 is 14.2 Å². The fourth-order valence-electron chi connectivity index (χ4n) is 1.69. The van der Waals surface area contributed by atoms with Crippen molar-refractivity contribution in [3.8, 4) is 5.75 Å². The molecule has 1 atom stereocenters. The predicted octanol–water partition coefficient (Wildman–Crippen LogP) is 2.38. The highest BCUT2D eigenvalue weighted by molar-refractivity contribution is 5.68. The molecule has 0 spiro atoms. The van der Waals surface area contributed by atoms with Crippen LogP contribution >= 0.6 is 0 Å². The van der Waals surface area contributed by atoms with Crippen LogP contribution in [0.1, 0.15) is 26.7 Å². The standard InChI is InChI=1S/C13H21FN2O2/c1-3-18-13-8-12(11(15)7-10(13)14)16-9(2)5-4-6-17/h7-9,16-17H,3-6,15H2,1-2H3. The molecule has 4 N–H and O–H groups in total. The Labute approximate surface area is 107 Å². The number of nitrogen functional groups attached to an aromatic ring is 1. The zero-order chi connectivity index (χ0) is 13.5. The molecule has 102 valence electrons. The molecule has 0 aliphatic rings. The lowest BCUT2D eigenvalue weighted by Gasteiger charge is -2.17. The van der Waals surface area contributed by atoms with Gasteiger partial charge in [0.05, 0.1) is 18.0 Å². The third-order valence-electron chi connectivity index (χ3n) is 2.60. The monoisotopic (exact) mass is 256 g/mol. The van der Waals surface area contributed by atoms with Gasteiger partial charge in [0.25, 0.3) is 0 Å². The number of hydrogen-bond donors (Lipinski definition) is 3. The molecule has 1 aromatic rings. The highest BCUT2D eigenvalue weighted by Crippen LogP contribution is 2.29. The Morgan fingerprint density at radius 2 is 2.22 bits per heavy atom. The second kappa shape index (κ2) is 7.06. The van der Waals surface area contributed by atoms with E-state index in [2.05, 4.69) is 5.32 Å². The first-order chi connectivity index (χ1) is 8.58. The smallest absolute Gasteiger partial charge is 0.167 e. The summed E-state index contributed by atoms with van der Waals surface area (Å²) in [4.78, 5) is 0. The van der Waals surface area contributed by atoms with Crippen molar-refractivity contribution in [1.82, 2.24) is 0 Å². The van der Waals surface area contributed by atoms with Crippen LogP contribution in [0.3, 0.4) is 0 Å². The summed E-state index contributed by atoms with van der Waals surface area (Å²) in [6.07, 6.45) is 1.53. The van der Waals surface area contributed by atoms with Crippen LogP contribution in [0.2, 0.25) is 0 Å². The molecule has 0 bridgehead atoms. The minimum absolute atomic E-state index is 0.152. The molecular weight excluding hydrogens is 235 g/mol. The molecule has 18 heavy (non-hydrogen) atoms. The summed E-state index contributed by atoms with van der Waals surface area (Å²) in [6.45, 7) is 4.35. The van der Waals surface area contributed by atoms with Crippen LogP contribution in [0.5, 0.6) is 5.75 Å². The van der Waals surface area contributed by atoms with E-state index in [-0.39, 0.29) is 18.4 Å². The topological polar surface area (TPSA) is 67.5 Å². The molecule has 0 aliphatic carbocycles. The van der Waals surface area contributed by atoms with E-state index in [9.17, 15) is 4.39 Å². The maximum Gasteiger partial charge on any atom is 0.167 e. The van der Waals surface area contributed by atoms with Gasteiger partial charge in [-0.15, -0.1) is 0 Å². The number of halogens is 1. The second-order valence-electron chi connectivity index (χ2n) is 4.21. The molecule has 0 amide bonds. The number of ether oxygens (including phenoxy) is 1. The van der Waals surface area contributed by atoms with Crippen molar-refractivity contribution in [3.05, 3.63) is 17.9 Å². The summed E-state index contributed by atoms with van der Waals surface area (Å²) in [6, 6.07) is 2.98. The van der Waals surface area contributed by atoms with Gasteiger partial charge in [-0.05, 0) is 26.7 Å². The van der Waals surface area contributed by atoms with Crippen molar-refractivity contribution in [1.29, 1.82) is 0 Å². The minimum Gasteiger partial charge on any atom is -0.491 e. The van der Waals surface area contributed by atoms with Crippen molar-refractivity contribution in [2.45, 2.75) is 32.7 Å². The lowest BCUT2D eigenvalue weighted by Crippen LogP contribution is -2.16. The van der Waals surface area contributed by atoms with Crippen LogP contribution in [0.25, 0.3) is 0 Å². The molecule has 1 unspecified atom stereocenters. The Kier molecular flexibility index (Phi) is 5.71. The SMILES string of the molecule is CCOc1cc(NC(C)CCCO)c(N)cc1F. The number of rotatable bonds is 7. The highest BCUT2D eigenvalue weighted by Gasteiger charge is 2.10. The Balaban J connectivity index is 2.78. The zero-order valence-electron chi connectivity index (χ0n) is 10.9. The quantitative estimate of drug-likeness (QED) is 0.655. The summed E-state index contributed by atoms with van der Waals surface area (Å²) >= 11 is 0. The maximum absolute atomic E-state index is 13.5. The largest absolute Gasteiger partial charge is 0.491 e. The molecule has 5 heteroatoms. The van der Waals surface area contributed by atoms with E-state index in [1.807, 2.05) is 6.92 Å². The average Bonchev–Trinajstić information content (AvgIpc) is 2.33. The summed E-state index contributed by atoms with van der Waals surface area (Å²) < 4.78 is 18.7. The number of benzene rings is 1. The Morgan fingerprint density at radius 3 is 2.83 bits per heavy atom. The molecule has 0 fully saturated rings. The van der Waals surface area contributed by atoms with E-state index in [1.54, 1.807) is 13.0 Å². The summed E-state index contributed by atoms with van der Waals surface area (Å²) in [5, 5.41) is 12.0. The fraction of sp³-hybridized carbons (Fsp3) is 0.538. The molecule has 1 rings (SSSR count). The maximum atomic E-state index is 13.5. The first-order valence-electron chi connectivity index (χ1n) is 6.17. The van der Waals surface area contributed by atoms with Gasteiger partial charge in [0, 0.05) is 24.8 Å². The molecule has 0 saturated carbocycles. The van der Waals surface area contributed by atoms with Crippen molar-refractivity contribution >= 4 is 11.4 Å². The minimum atomic E-state index is -0.456. The molecule has 0 aromatic heterocycles. The molecule has 4 nitrogen and oxygen atoms in total. The van der Waals surface area contributed by atoms with Gasteiger partial charge in [-0.25, -0.2) is 4.39 Å². The van der Waals surface area contributed by atoms with Gasteiger partial charge >= 0.3 is 0 Å². The molecule has 1 aromatic carbocycles. The van der Waals surface area contributed by atoms with Gasteiger partial charge in [0.2, 0.25) is 0 Å². The normalized spacial score (nSPS) is 12.2. The van der Waals surface area contributed by atoms with Crippen LogP contribution < -0.4 is 15.8 Å². The van der Waals surface area contributed by atoms with E-state index in [0.29, 0.717) is 24.4 Å². The van der Waals surface area contributed by atoms with E-state index in [4.69, 9.17) is 15.6 Å². The van der Waals surface area contributed by atoms with Gasteiger partial charge in [-0.1, -0.05) is 0 Å². The fourth-order valence-corrected chi connectivity index (χ4v) is 1.69. The van der Waals surface area contributed by atoms with Gasteiger partial charge < -0.3 is 20.9 Å². The Bertz CT molecular complexity index is 385. The zero-order valence-corrected chi connectivity index (χ0v) is 10.9. The van der Waals surface area contributed by atoms with E-state index >= 15 is 0 Å². The van der Waals surface area contributed by atoms with E-state index in [0.717, 1.165) is 6.42 Å². The number of hydrogen-bond acceptors (Lipinski definition) is 4. The van der Waals surface area contributed by atoms with Gasteiger partial charge in [0.15, 0.2) is 11.6 Å². The average molecular weight is 256 g/mol. The van der Waals surface area contributed by atoms with E-state index in [1.165, 1.54) is 6.07 Å². The number of nitrogens with two attached hydrogens (primary N) is 1. The third-order valence-corrected chi connectivity index (χ3v) is 2.60. The first-order valence-corrected chi connectivity index (χ1v) is 6.17. The van der Waals surface area contributed by atoms with Crippen LogP contribution in [-0.4, -0.2) is 24.4 Å². The van der Waals surface area contributed by atoms with Crippen LogP contribution in [0, 0.1) is 5.82 Å². The van der Waals surface area contributed by atoms with Crippen molar-refractivity contribution in [3.63, 3.8) is 0 Å². The first kappa shape index (κ1) is 14.6. The number of nitrogens with one attached hydrogen (secondary N) is 1. The molecular formula is C13H21FN2O2. The summed E-state index contributed by atoms with van der Waals surface area (Å²) in [5.41, 5.74) is 6.77. The molecule has 0 saturated heterocycles. The number of aliphatic hydroxyl groups is 1. The Morgan fingerprint density at radius 1 is 1.50 bits per heavy atom. The lowest BCUT2D eigenvalue weighted by atomic mass is 10.1. The number of aliphatic hydroxyl groups excluding tert-OH is 1. The summed E-state index contributed by atoms with van der Waals surface area (Å²) in [5.74, 6) is -0.258. The lowest BCUT2D eigenvalue weighted by molar-refractivity contribution is 0.282. The van der Waals surface area contributed by atoms with Gasteiger partial charge in [-0.2, -0.15) is 0 Å². The van der Waals surface area contributed by atoms with Crippen molar-refractivity contribution in [2.75, 3.05) is 24.3 Å². The molecule has 0 aliphatic heterocycles. The predicted molar refractivity (Wildman–Crippen MR) is 71.4 cm³/mol. The Hall–Kier alpha value is -1.49. The van der Waals surface area contributed by atoms with E-state index < -0.39 is 5.82 Å². The second-order valence-corrected chi connectivity index (χ2v) is 4.21. The van der Waals surface area contributed by atoms with Gasteiger partial charge in [-0.3, -0.25) is 0 Å². The van der Waals surface area contributed by atoms with Crippen LogP contribution in [0.4, 0.5) is 15.8 Å². The van der Waals surface area contributed by atoms with Gasteiger partial charge in [0.1, 0.15) is 0 Å². The van der Waals surface area contributed by atoms with Crippen LogP contribution in [-0.2, 0) is 0 Å². The highest BCUT2D eigenvalue weighted by atomic mass is 19.1. The van der Waals surface area contributed by atoms with Crippen LogP contribution in [0.15, 0.2) is 12.1 Å². The molecule has 0 radical (unpaired) electrons. The summed E-state index contributed by atoms with van der Waals surface area (Å²) in [7, 11) is 0. The molecule has 0 heterocycles.